The van der Waals surface area contributed by atoms with Crippen LogP contribution >= 0.6 is 0 Å². The number of hydrogen-bond acceptors (Lipinski definition) is 4. The lowest BCUT2D eigenvalue weighted by atomic mass is 10.0. The van der Waals surface area contributed by atoms with E-state index >= 15 is 0 Å². The number of aliphatic hydroxyl groups is 3. The summed E-state index contributed by atoms with van der Waals surface area (Å²) in [5.41, 5.74) is 0. The molecule has 5 heteroatoms. The lowest BCUT2D eigenvalue weighted by molar-refractivity contribution is -0.124. The van der Waals surface area contributed by atoms with Crippen LogP contribution in [0, 0.1) is 0 Å². The molecule has 0 radical (unpaired) electrons. The normalized spacial score (nSPS) is 13.9. The molecular formula is C55H101NO4. The summed E-state index contributed by atoms with van der Waals surface area (Å²) in [7, 11) is 0. The van der Waals surface area contributed by atoms with Crippen molar-refractivity contribution in [2.75, 3.05) is 6.61 Å². The highest BCUT2D eigenvalue weighted by Crippen LogP contribution is 2.16. The molecule has 0 heterocycles. The first-order chi connectivity index (χ1) is 29.5. The van der Waals surface area contributed by atoms with E-state index < -0.39 is 18.2 Å². The molecule has 0 aromatic carbocycles. The highest BCUT2D eigenvalue weighted by Gasteiger charge is 2.20. The van der Waals surface area contributed by atoms with E-state index in [9.17, 15) is 20.1 Å². The van der Waals surface area contributed by atoms with Gasteiger partial charge < -0.3 is 20.6 Å². The van der Waals surface area contributed by atoms with E-state index in [0.717, 1.165) is 44.9 Å². The van der Waals surface area contributed by atoms with Gasteiger partial charge in [0.15, 0.2) is 0 Å². The Hall–Kier alpha value is -1.95. The van der Waals surface area contributed by atoms with Gasteiger partial charge in [-0.15, -0.1) is 0 Å². The first kappa shape index (κ1) is 58.0. The van der Waals surface area contributed by atoms with Gasteiger partial charge in [-0.3, -0.25) is 4.79 Å². The summed E-state index contributed by atoms with van der Waals surface area (Å²) in [6.07, 6.45) is 66.8. The van der Waals surface area contributed by atoms with Crippen molar-refractivity contribution in [2.24, 2.45) is 0 Å². The summed E-state index contributed by atoms with van der Waals surface area (Å²) in [5, 5.41) is 33.3. The number of unbranched alkanes of at least 4 members (excludes halogenated alkanes) is 30. The van der Waals surface area contributed by atoms with Crippen LogP contribution in [0.2, 0.25) is 0 Å². The fourth-order valence-corrected chi connectivity index (χ4v) is 7.76. The number of aliphatic hydroxyl groups excluding tert-OH is 3. The SMILES string of the molecule is CCCCCCCC/C=C/CC/C=C/CC/C=C/C(O)C(CO)NC(=O)CC(O)CCCCCCCCCCCCCCC/C=C\C/C=C\CCCCCCCCCCC. The van der Waals surface area contributed by atoms with Crippen LogP contribution in [-0.2, 0) is 4.79 Å². The number of allylic oxidation sites excluding steroid dienone is 9. The first-order valence-corrected chi connectivity index (χ1v) is 26.1. The molecule has 0 bridgehead atoms. The molecule has 4 N–H and O–H groups in total. The maximum Gasteiger partial charge on any atom is 0.222 e. The Morgan fingerprint density at radius 3 is 1.17 bits per heavy atom. The van der Waals surface area contributed by atoms with E-state index in [2.05, 4.69) is 67.8 Å². The fraction of sp³-hybridized carbons (Fsp3) is 0.800. The number of carbonyl (C=O) groups excluding carboxylic acids is 1. The van der Waals surface area contributed by atoms with Crippen molar-refractivity contribution < 1.29 is 20.1 Å². The smallest absolute Gasteiger partial charge is 0.222 e. The second-order valence-corrected chi connectivity index (χ2v) is 17.8. The van der Waals surface area contributed by atoms with Gasteiger partial charge in [0.25, 0.3) is 0 Å². The third kappa shape index (κ3) is 45.6. The molecule has 1 amide bonds. The molecule has 60 heavy (non-hydrogen) atoms. The molecule has 0 aliphatic heterocycles. The molecular weight excluding hydrogens is 739 g/mol. The topological polar surface area (TPSA) is 89.8 Å². The largest absolute Gasteiger partial charge is 0.394 e. The Labute approximate surface area is 373 Å². The van der Waals surface area contributed by atoms with Gasteiger partial charge >= 0.3 is 0 Å². The van der Waals surface area contributed by atoms with Crippen LogP contribution in [0.25, 0.3) is 0 Å². The highest BCUT2D eigenvalue weighted by molar-refractivity contribution is 5.76. The molecule has 0 aromatic heterocycles. The number of carbonyl (C=O) groups is 1. The Kier molecular flexibility index (Phi) is 48.1. The first-order valence-electron chi connectivity index (χ1n) is 26.1. The maximum atomic E-state index is 12.5. The van der Waals surface area contributed by atoms with E-state index in [4.69, 9.17) is 0 Å². The Balaban J connectivity index is 3.62. The van der Waals surface area contributed by atoms with E-state index in [1.54, 1.807) is 6.08 Å². The number of amides is 1. The second-order valence-electron chi connectivity index (χ2n) is 17.8. The molecule has 3 unspecified atom stereocenters. The Morgan fingerprint density at radius 1 is 0.433 bits per heavy atom. The van der Waals surface area contributed by atoms with E-state index in [1.165, 1.54) is 186 Å². The number of hydrogen-bond donors (Lipinski definition) is 4. The van der Waals surface area contributed by atoms with Gasteiger partial charge in [-0.05, 0) is 77.0 Å². The van der Waals surface area contributed by atoms with Gasteiger partial charge in [0.1, 0.15) is 0 Å². The summed E-state index contributed by atoms with van der Waals surface area (Å²) in [5.74, 6) is -0.330. The second kappa shape index (κ2) is 49.7. The van der Waals surface area contributed by atoms with Crippen LogP contribution in [-0.4, -0.2) is 46.1 Å². The minimum absolute atomic E-state index is 0.000363. The Bertz CT molecular complexity index is 1020. The van der Waals surface area contributed by atoms with Gasteiger partial charge in [-0.1, -0.05) is 235 Å². The third-order valence-electron chi connectivity index (χ3n) is 11.8. The monoisotopic (exact) mass is 840 g/mol. The molecule has 350 valence electrons. The minimum atomic E-state index is -0.962. The molecule has 0 saturated heterocycles. The molecule has 0 spiro atoms. The van der Waals surface area contributed by atoms with Crippen molar-refractivity contribution in [2.45, 2.75) is 276 Å². The van der Waals surface area contributed by atoms with Gasteiger partial charge in [0.05, 0.1) is 31.3 Å². The number of nitrogens with one attached hydrogen (secondary N) is 1. The minimum Gasteiger partial charge on any atom is -0.394 e. The van der Waals surface area contributed by atoms with Crippen molar-refractivity contribution >= 4 is 5.91 Å². The summed E-state index contributed by atoms with van der Waals surface area (Å²) < 4.78 is 0. The summed E-state index contributed by atoms with van der Waals surface area (Å²) in [6.45, 7) is 4.19. The van der Waals surface area contributed by atoms with Crippen LogP contribution in [0.5, 0.6) is 0 Å². The molecule has 0 rings (SSSR count). The van der Waals surface area contributed by atoms with Crippen LogP contribution in [0.1, 0.15) is 258 Å². The van der Waals surface area contributed by atoms with Gasteiger partial charge in [0, 0.05) is 0 Å². The molecule has 5 nitrogen and oxygen atoms in total. The zero-order valence-electron chi connectivity index (χ0n) is 39.8. The van der Waals surface area contributed by atoms with Crippen LogP contribution in [0.15, 0.2) is 60.8 Å². The van der Waals surface area contributed by atoms with Gasteiger partial charge in [-0.2, -0.15) is 0 Å². The number of rotatable bonds is 47. The molecule has 0 fully saturated rings. The molecule has 3 atom stereocenters. The van der Waals surface area contributed by atoms with Crippen molar-refractivity contribution in [3.63, 3.8) is 0 Å². The van der Waals surface area contributed by atoms with Crippen LogP contribution in [0.3, 0.4) is 0 Å². The lowest BCUT2D eigenvalue weighted by Gasteiger charge is -2.21. The van der Waals surface area contributed by atoms with E-state index in [1.807, 2.05) is 6.08 Å². The van der Waals surface area contributed by atoms with Crippen molar-refractivity contribution in [3.8, 4) is 0 Å². The zero-order chi connectivity index (χ0) is 43.7. The quantitative estimate of drug-likeness (QED) is 0.0363. The molecule has 0 saturated carbocycles. The molecule has 0 aromatic rings. The highest BCUT2D eigenvalue weighted by atomic mass is 16.3. The maximum absolute atomic E-state index is 12.5. The zero-order valence-corrected chi connectivity index (χ0v) is 39.8. The van der Waals surface area contributed by atoms with E-state index in [-0.39, 0.29) is 18.9 Å². The molecule has 0 aliphatic rings. The van der Waals surface area contributed by atoms with E-state index in [0.29, 0.717) is 6.42 Å². The van der Waals surface area contributed by atoms with Crippen LogP contribution in [0.4, 0.5) is 0 Å². The predicted molar refractivity (Wildman–Crippen MR) is 264 cm³/mol. The van der Waals surface area contributed by atoms with Crippen molar-refractivity contribution in [1.82, 2.24) is 5.32 Å². The summed E-state index contributed by atoms with van der Waals surface area (Å²) >= 11 is 0. The van der Waals surface area contributed by atoms with Gasteiger partial charge in [0.2, 0.25) is 5.91 Å². The van der Waals surface area contributed by atoms with Crippen LogP contribution < -0.4 is 5.32 Å². The third-order valence-corrected chi connectivity index (χ3v) is 11.8. The summed E-state index contributed by atoms with van der Waals surface area (Å²) in [4.78, 5) is 12.5. The molecule has 0 aliphatic carbocycles. The van der Waals surface area contributed by atoms with Crippen molar-refractivity contribution in [3.05, 3.63) is 60.8 Å². The Morgan fingerprint density at radius 2 is 0.767 bits per heavy atom. The summed E-state index contributed by atoms with van der Waals surface area (Å²) in [6, 6.07) is -0.770. The lowest BCUT2D eigenvalue weighted by Crippen LogP contribution is -2.45. The average Bonchev–Trinajstić information content (AvgIpc) is 3.24. The fourth-order valence-electron chi connectivity index (χ4n) is 7.76. The average molecular weight is 840 g/mol. The standard InChI is InChI=1S/C55H101NO4/c1-3-5-7-9-11-13-15-17-19-21-22-23-24-25-26-27-28-29-30-31-32-33-34-36-38-40-42-44-46-48-52(58)50-55(60)56-53(51-57)54(59)49-47-45-43-41-39-37-35-20-18-16-14-12-10-8-6-4-2/h18,20,22-23,25-26,39,41,47,49,52-54,57-59H,3-17,19,21,24,27-38,40,42-46,48,50-51H2,1-2H3,(H,56,60)/b20-18+,23-22-,26-25-,41-39+,49-47+. The van der Waals surface area contributed by atoms with Crippen molar-refractivity contribution in [1.29, 1.82) is 0 Å². The predicted octanol–water partition coefficient (Wildman–Crippen LogP) is 15.8. The van der Waals surface area contributed by atoms with Gasteiger partial charge in [-0.25, -0.2) is 0 Å².